The Bertz CT molecular complexity index is 1180. The molecule has 1 amide bonds. The number of hydrogen-bond acceptors (Lipinski definition) is 6. The molecule has 0 radical (unpaired) electrons. The average Bonchev–Trinajstić information content (AvgIpc) is 3.15. The highest BCUT2D eigenvalue weighted by molar-refractivity contribution is 7.22. The first-order valence-corrected chi connectivity index (χ1v) is 9.81. The maximum absolute atomic E-state index is 12.6. The molecule has 1 aromatic heterocycles. The van der Waals surface area contributed by atoms with E-state index in [0.717, 1.165) is 26.6 Å². The summed E-state index contributed by atoms with van der Waals surface area (Å²) in [7, 11) is 4.64. The number of benzene rings is 3. The molecular formula is C22H20N2O4S. The summed E-state index contributed by atoms with van der Waals surface area (Å²) in [6, 6.07) is 15.7. The van der Waals surface area contributed by atoms with E-state index < -0.39 is 0 Å². The Labute approximate surface area is 172 Å². The number of ether oxygens (including phenoxy) is 3. The van der Waals surface area contributed by atoms with E-state index in [0.29, 0.717) is 22.4 Å². The zero-order valence-corrected chi connectivity index (χ0v) is 17.1. The number of aromatic nitrogens is 1. The maximum atomic E-state index is 12.6. The number of nitrogens with one attached hydrogen (secondary N) is 1. The molecule has 148 valence electrons. The molecule has 0 unspecified atom stereocenters. The number of nitrogens with zero attached hydrogens (tertiary/aromatic N) is 1. The third-order valence-corrected chi connectivity index (χ3v) is 5.56. The number of carbonyl (C=O) groups excluding carboxylic acids is 1. The first kappa shape index (κ1) is 19.0. The zero-order valence-electron chi connectivity index (χ0n) is 16.3. The second kappa shape index (κ2) is 7.97. The van der Waals surface area contributed by atoms with Crippen molar-refractivity contribution in [2.24, 2.45) is 0 Å². The minimum Gasteiger partial charge on any atom is -0.493 e. The number of methoxy groups -OCH3 is 3. The molecule has 0 spiro atoms. The second-order valence-electron chi connectivity index (χ2n) is 6.41. The standard InChI is InChI=1S/C22H20N2O4S/c1-26-16-10-13(11-17(27-2)21(16)28-3)12-19(25)23-22-24-20-15-7-5-4-6-14(15)8-9-18(20)29-22/h4-11H,12H2,1-3H3,(H,23,24,25). The summed E-state index contributed by atoms with van der Waals surface area (Å²) in [4.78, 5) is 17.3. The number of anilines is 1. The molecule has 4 rings (SSSR count). The van der Waals surface area contributed by atoms with Crippen LogP contribution < -0.4 is 19.5 Å². The van der Waals surface area contributed by atoms with Crippen molar-refractivity contribution in [3.05, 3.63) is 54.1 Å². The lowest BCUT2D eigenvalue weighted by Crippen LogP contribution is -2.14. The van der Waals surface area contributed by atoms with Crippen LogP contribution in [-0.2, 0) is 11.2 Å². The van der Waals surface area contributed by atoms with Crippen molar-refractivity contribution in [1.29, 1.82) is 0 Å². The van der Waals surface area contributed by atoms with Gasteiger partial charge >= 0.3 is 0 Å². The number of amides is 1. The van der Waals surface area contributed by atoms with Gasteiger partial charge in [0.05, 0.1) is 38.0 Å². The van der Waals surface area contributed by atoms with E-state index in [9.17, 15) is 4.79 Å². The zero-order chi connectivity index (χ0) is 20.4. The predicted molar refractivity (Wildman–Crippen MR) is 116 cm³/mol. The topological polar surface area (TPSA) is 69.7 Å². The lowest BCUT2D eigenvalue weighted by atomic mass is 10.1. The molecule has 4 aromatic rings. The number of thiazole rings is 1. The maximum Gasteiger partial charge on any atom is 0.230 e. The minimum absolute atomic E-state index is 0.160. The van der Waals surface area contributed by atoms with Gasteiger partial charge in [-0.05, 0) is 29.1 Å². The van der Waals surface area contributed by atoms with E-state index in [2.05, 4.69) is 22.4 Å². The summed E-state index contributed by atoms with van der Waals surface area (Å²) in [5.41, 5.74) is 1.65. The number of fused-ring (bicyclic) bond motifs is 3. The molecule has 0 fully saturated rings. The van der Waals surface area contributed by atoms with Gasteiger partial charge in [-0.15, -0.1) is 0 Å². The van der Waals surface area contributed by atoms with Gasteiger partial charge in [-0.1, -0.05) is 41.7 Å². The predicted octanol–water partition coefficient (Wildman–Crippen LogP) is 4.66. The average molecular weight is 408 g/mol. The van der Waals surface area contributed by atoms with Gasteiger partial charge in [0.2, 0.25) is 11.7 Å². The van der Waals surface area contributed by atoms with Crippen LogP contribution in [0, 0.1) is 0 Å². The molecule has 0 saturated carbocycles. The largest absolute Gasteiger partial charge is 0.493 e. The van der Waals surface area contributed by atoms with E-state index in [1.54, 1.807) is 33.5 Å². The van der Waals surface area contributed by atoms with E-state index in [1.165, 1.54) is 11.3 Å². The van der Waals surface area contributed by atoms with Crippen LogP contribution in [0.25, 0.3) is 21.0 Å². The smallest absolute Gasteiger partial charge is 0.230 e. The van der Waals surface area contributed by atoms with Crippen LogP contribution in [0.15, 0.2) is 48.5 Å². The van der Waals surface area contributed by atoms with Gasteiger partial charge in [-0.25, -0.2) is 4.98 Å². The van der Waals surface area contributed by atoms with E-state index in [4.69, 9.17) is 14.2 Å². The van der Waals surface area contributed by atoms with E-state index in [-0.39, 0.29) is 12.3 Å². The molecule has 0 aliphatic rings. The van der Waals surface area contributed by atoms with Gasteiger partial charge < -0.3 is 19.5 Å². The monoisotopic (exact) mass is 408 g/mol. The van der Waals surface area contributed by atoms with Crippen molar-refractivity contribution in [2.75, 3.05) is 26.6 Å². The Morgan fingerprint density at radius 1 is 1.00 bits per heavy atom. The first-order valence-electron chi connectivity index (χ1n) is 9.00. The van der Waals surface area contributed by atoms with Gasteiger partial charge in [0.1, 0.15) is 0 Å². The highest BCUT2D eigenvalue weighted by Crippen LogP contribution is 2.38. The van der Waals surface area contributed by atoms with Crippen molar-refractivity contribution in [1.82, 2.24) is 4.98 Å². The Balaban J connectivity index is 1.58. The van der Waals surface area contributed by atoms with Crippen LogP contribution in [0.2, 0.25) is 0 Å². The quantitative estimate of drug-likeness (QED) is 0.503. The third kappa shape index (κ3) is 3.69. The lowest BCUT2D eigenvalue weighted by Gasteiger charge is -2.13. The fraction of sp³-hybridized carbons (Fsp3) is 0.182. The molecule has 3 aromatic carbocycles. The lowest BCUT2D eigenvalue weighted by molar-refractivity contribution is -0.115. The molecule has 0 saturated heterocycles. The molecule has 6 nitrogen and oxygen atoms in total. The first-order chi connectivity index (χ1) is 14.1. The van der Waals surface area contributed by atoms with Crippen LogP contribution in [-0.4, -0.2) is 32.2 Å². The number of carbonyl (C=O) groups is 1. The summed E-state index contributed by atoms with van der Waals surface area (Å²) in [6.45, 7) is 0. The Hall–Kier alpha value is -3.32. The molecule has 0 bridgehead atoms. The fourth-order valence-electron chi connectivity index (χ4n) is 3.30. The molecule has 7 heteroatoms. The van der Waals surface area contributed by atoms with Crippen LogP contribution in [0.4, 0.5) is 5.13 Å². The minimum atomic E-state index is -0.164. The van der Waals surface area contributed by atoms with Crippen molar-refractivity contribution in [3.63, 3.8) is 0 Å². The van der Waals surface area contributed by atoms with Crippen LogP contribution in [0.3, 0.4) is 0 Å². The second-order valence-corrected chi connectivity index (χ2v) is 7.44. The summed E-state index contributed by atoms with van der Waals surface area (Å²) in [5.74, 6) is 1.36. The van der Waals surface area contributed by atoms with E-state index >= 15 is 0 Å². The molecule has 29 heavy (non-hydrogen) atoms. The van der Waals surface area contributed by atoms with Gasteiger partial charge in [-0.2, -0.15) is 0 Å². The summed E-state index contributed by atoms with van der Waals surface area (Å²) >= 11 is 1.46. The van der Waals surface area contributed by atoms with Crippen molar-refractivity contribution < 1.29 is 19.0 Å². The van der Waals surface area contributed by atoms with Gasteiger partial charge in [-0.3, -0.25) is 4.79 Å². The van der Waals surface area contributed by atoms with Gasteiger partial charge in [0.15, 0.2) is 16.6 Å². The summed E-state index contributed by atoms with van der Waals surface area (Å²) < 4.78 is 17.1. The van der Waals surface area contributed by atoms with Crippen LogP contribution in [0.1, 0.15) is 5.56 Å². The van der Waals surface area contributed by atoms with Gasteiger partial charge in [0, 0.05) is 5.39 Å². The van der Waals surface area contributed by atoms with Crippen molar-refractivity contribution in [3.8, 4) is 17.2 Å². The normalized spacial score (nSPS) is 10.9. The Morgan fingerprint density at radius 2 is 1.72 bits per heavy atom. The van der Waals surface area contributed by atoms with Gasteiger partial charge in [0.25, 0.3) is 0 Å². The highest BCUT2D eigenvalue weighted by Gasteiger charge is 2.16. The number of hydrogen-bond donors (Lipinski definition) is 1. The Morgan fingerprint density at radius 3 is 2.41 bits per heavy atom. The molecule has 1 N–H and O–H groups in total. The summed E-state index contributed by atoms with van der Waals surface area (Å²) in [6.07, 6.45) is 0.160. The van der Waals surface area contributed by atoms with Crippen LogP contribution >= 0.6 is 11.3 Å². The molecule has 0 aliphatic heterocycles. The molecule has 0 atom stereocenters. The molecule has 1 heterocycles. The fourth-order valence-corrected chi connectivity index (χ4v) is 4.20. The SMILES string of the molecule is COc1cc(CC(=O)Nc2nc3c(ccc4ccccc43)s2)cc(OC)c1OC. The van der Waals surface area contributed by atoms with E-state index in [1.807, 2.05) is 24.3 Å². The van der Waals surface area contributed by atoms with Crippen LogP contribution in [0.5, 0.6) is 17.2 Å². The molecule has 0 aliphatic carbocycles. The number of rotatable bonds is 6. The van der Waals surface area contributed by atoms with Crippen molar-refractivity contribution >= 4 is 43.4 Å². The molecular weight excluding hydrogens is 388 g/mol. The Kier molecular flexibility index (Phi) is 5.22. The third-order valence-electron chi connectivity index (χ3n) is 4.62. The summed E-state index contributed by atoms with van der Waals surface area (Å²) in [5, 5.41) is 5.68. The highest BCUT2D eigenvalue weighted by atomic mass is 32.1. The van der Waals surface area contributed by atoms with Crippen molar-refractivity contribution in [2.45, 2.75) is 6.42 Å².